The minimum atomic E-state index is -0.366. The molecule has 3 aromatic rings. The highest BCUT2D eigenvalue weighted by Gasteiger charge is 2.23. The predicted molar refractivity (Wildman–Crippen MR) is 113 cm³/mol. The van der Waals surface area contributed by atoms with E-state index in [-0.39, 0.29) is 10.6 Å². The van der Waals surface area contributed by atoms with Crippen molar-refractivity contribution in [1.29, 1.82) is 0 Å². The van der Waals surface area contributed by atoms with E-state index in [0.717, 1.165) is 58.5 Å². The molecule has 7 nitrogen and oxygen atoms in total. The minimum Gasteiger partial charge on any atom is -0.495 e. The van der Waals surface area contributed by atoms with Crippen molar-refractivity contribution in [2.75, 3.05) is 38.2 Å². The van der Waals surface area contributed by atoms with Crippen LogP contribution >= 0.6 is 23.6 Å². The maximum absolute atomic E-state index is 11.0. The number of fused-ring (bicyclic) bond motifs is 1. The van der Waals surface area contributed by atoms with Gasteiger partial charge in [-0.3, -0.25) is 14.7 Å². The number of thiazole rings is 1. The van der Waals surface area contributed by atoms with Crippen LogP contribution in [-0.4, -0.2) is 42.8 Å². The number of aromatic nitrogens is 1. The molecule has 0 aliphatic carbocycles. The Hall–Kier alpha value is -2.49. The van der Waals surface area contributed by atoms with Crippen molar-refractivity contribution in [2.45, 2.75) is 6.67 Å². The molecule has 0 bridgehead atoms. The molecule has 1 aliphatic rings. The Bertz CT molecular complexity index is 1070. The molecule has 146 valence electrons. The molecular weight excluding hydrogens is 396 g/mol. The van der Waals surface area contributed by atoms with Crippen molar-refractivity contribution in [2.24, 2.45) is 0 Å². The number of rotatable bonds is 5. The number of nitro benzene ring substituents is 1. The number of ether oxygens (including phenoxy) is 1. The second-order valence-electron chi connectivity index (χ2n) is 6.77. The lowest BCUT2D eigenvalue weighted by molar-refractivity contribution is -0.923. The van der Waals surface area contributed by atoms with Gasteiger partial charge in [-0.05, 0) is 30.4 Å². The lowest BCUT2D eigenvalue weighted by Crippen LogP contribution is -3.14. The molecule has 0 radical (unpaired) electrons. The Balaban J connectivity index is 1.49. The van der Waals surface area contributed by atoms with E-state index in [1.165, 1.54) is 16.2 Å². The fourth-order valence-corrected chi connectivity index (χ4v) is 5.01. The first-order valence-electron chi connectivity index (χ1n) is 9.06. The maximum Gasteiger partial charge on any atom is 0.270 e. The smallest absolute Gasteiger partial charge is 0.270 e. The topological polar surface area (TPSA) is 65.0 Å². The molecule has 1 aliphatic heterocycles. The van der Waals surface area contributed by atoms with Gasteiger partial charge in [-0.2, -0.15) is 0 Å². The van der Waals surface area contributed by atoms with Gasteiger partial charge in [0.15, 0.2) is 10.6 Å². The van der Waals surface area contributed by atoms with Crippen LogP contribution in [0.4, 0.5) is 11.4 Å². The Labute approximate surface area is 171 Å². The standard InChI is InChI=1S/C19H20N4O3S2/c1-26-17-5-3-2-4-15(17)21-10-8-20(9-11-21)13-22-16-7-6-14(23(24)25)12-18(16)28-19(22)27/h2-7,12H,8-11,13H2,1H3/p+1. The minimum absolute atomic E-state index is 0.105. The molecule has 0 amide bonds. The number of nitro groups is 1. The molecule has 1 saturated heterocycles. The Morgan fingerprint density at radius 3 is 2.71 bits per heavy atom. The summed E-state index contributed by atoms with van der Waals surface area (Å²) in [5, 5.41) is 11.0. The fraction of sp³-hybridized carbons (Fsp3) is 0.316. The normalized spacial score (nSPS) is 15.1. The van der Waals surface area contributed by atoms with Crippen LogP contribution in [0.2, 0.25) is 0 Å². The number of non-ortho nitro benzene ring substituents is 1. The van der Waals surface area contributed by atoms with Gasteiger partial charge in [0.05, 0.1) is 54.1 Å². The van der Waals surface area contributed by atoms with Crippen LogP contribution < -0.4 is 14.5 Å². The van der Waals surface area contributed by atoms with E-state index in [2.05, 4.69) is 15.5 Å². The van der Waals surface area contributed by atoms with Gasteiger partial charge in [0.25, 0.3) is 5.69 Å². The van der Waals surface area contributed by atoms with E-state index in [0.29, 0.717) is 0 Å². The number of anilines is 1. The average molecular weight is 418 g/mol. The second kappa shape index (κ2) is 7.86. The van der Waals surface area contributed by atoms with Gasteiger partial charge in [-0.25, -0.2) is 0 Å². The van der Waals surface area contributed by atoms with Gasteiger partial charge in [-0.15, -0.1) is 11.3 Å². The lowest BCUT2D eigenvalue weighted by Gasteiger charge is -2.34. The van der Waals surface area contributed by atoms with Gasteiger partial charge in [0, 0.05) is 12.1 Å². The van der Waals surface area contributed by atoms with Crippen molar-refractivity contribution in [1.82, 2.24) is 4.57 Å². The molecule has 2 heterocycles. The number of hydrogen-bond donors (Lipinski definition) is 1. The molecule has 28 heavy (non-hydrogen) atoms. The molecule has 1 N–H and O–H groups in total. The molecule has 0 atom stereocenters. The van der Waals surface area contributed by atoms with E-state index < -0.39 is 0 Å². The molecular formula is C19H21N4O3S2+. The van der Waals surface area contributed by atoms with E-state index >= 15 is 0 Å². The fourth-order valence-electron chi connectivity index (χ4n) is 3.65. The molecule has 0 spiro atoms. The maximum atomic E-state index is 11.0. The number of piperazine rings is 1. The van der Waals surface area contributed by atoms with E-state index in [4.69, 9.17) is 17.0 Å². The first-order chi connectivity index (χ1) is 13.6. The van der Waals surface area contributed by atoms with Crippen LogP contribution in [0.15, 0.2) is 42.5 Å². The van der Waals surface area contributed by atoms with Crippen molar-refractivity contribution >= 4 is 45.1 Å². The quantitative estimate of drug-likeness (QED) is 0.393. The Morgan fingerprint density at radius 1 is 1.25 bits per heavy atom. The van der Waals surface area contributed by atoms with Crippen molar-refractivity contribution in [3.8, 4) is 5.75 Å². The molecule has 9 heteroatoms. The number of para-hydroxylation sites is 2. The molecule has 1 aromatic heterocycles. The van der Waals surface area contributed by atoms with Crippen LogP contribution in [-0.2, 0) is 6.67 Å². The SMILES string of the molecule is COc1ccccc1N1CC[NH+](Cn2c(=S)sc3cc([N+](=O)[O-])ccc32)CC1. The van der Waals surface area contributed by atoms with E-state index in [1.54, 1.807) is 19.2 Å². The summed E-state index contributed by atoms with van der Waals surface area (Å²) in [5.74, 6) is 0.901. The van der Waals surface area contributed by atoms with Crippen LogP contribution in [0, 0.1) is 14.1 Å². The predicted octanol–water partition coefficient (Wildman–Crippen LogP) is 2.71. The summed E-state index contributed by atoms with van der Waals surface area (Å²) in [5.41, 5.74) is 2.21. The zero-order valence-corrected chi connectivity index (χ0v) is 17.1. The zero-order valence-electron chi connectivity index (χ0n) is 15.5. The van der Waals surface area contributed by atoms with Gasteiger partial charge in [0.1, 0.15) is 5.75 Å². The van der Waals surface area contributed by atoms with Crippen LogP contribution in [0.25, 0.3) is 10.2 Å². The van der Waals surface area contributed by atoms with E-state index in [1.807, 2.05) is 24.3 Å². The Morgan fingerprint density at radius 2 is 2.00 bits per heavy atom. The number of nitrogens with one attached hydrogen (secondary N) is 1. The highest BCUT2D eigenvalue weighted by atomic mass is 32.1. The molecule has 1 fully saturated rings. The largest absolute Gasteiger partial charge is 0.495 e. The summed E-state index contributed by atoms with van der Waals surface area (Å²) in [6, 6.07) is 13.1. The second-order valence-corrected chi connectivity index (χ2v) is 8.45. The third-order valence-electron chi connectivity index (χ3n) is 5.14. The summed E-state index contributed by atoms with van der Waals surface area (Å²) in [4.78, 5) is 14.4. The summed E-state index contributed by atoms with van der Waals surface area (Å²) < 4.78 is 9.22. The van der Waals surface area contributed by atoms with Gasteiger partial charge in [-0.1, -0.05) is 12.1 Å². The molecule has 4 rings (SSSR count). The number of hydrogen-bond acceptors (Lipinski definition) is 6. The van der Waals surface area contributed by atoms with E-state index in [9.17, 15) is 10.1 Å². The number of methoxy groups -OCH3 is 1. The van der Waals surface area contributed by atoms with Gasteiger partial charge < -0.3 is 14.5 Å². The van der Waals surface area contributed by atoms with Gasteiger partial charge >= 0.3 is 0 Å². The summed E-state index contributed by atoms with van der Waals surface area (Å²) in [6.07, 6.45) is 0. The molecule has 0 unspecified atom stereocenters. The van der Waals surface area contributed by atoms with Crippen LogP contribution in [0.5, 0.6) is 5.75 Å². The van der Waals surface area contributed by atoms with Crippen LogP contribution in [0.3, 0.4) is 0 Å². The summed E-state index contributed by atoms with van der Waals surface area (Å²) in [7, 11) is 1.70. The Kier molecular flexibility index (Phi) is 5.29. The lowest BCUT2D eigenvalue weighted by atomic mass is 10.2. The van der Waals surface area contributed by atoms with Crippen molar-refractivity contribution < 1.29 is 14.6 Å². The molecule has 2 aromatic carbocycles. The summed E-state index contributed by atoms with van der Waals surface area (Å²) in [6.45, 7) is 4.64. The third-order valence-corrected chi connectivity index (χ3v) is 6.55. The highest BCUT2D eigenvalue weighted by Crippen LogP contribution is 2.28. The number of nitrogens with zero attached hydrogens (tertiary/aromatic N) is 3. The van der Waals surface area contributed by atoms with Crippen LogP contribution in [0.1, 0.15) is 0 Å². The summed E-state index contributed by atoms with van der Waals surface area (Å²) >= 11 is 6.97. The number of benzene rings is 2. The zero-order chi connectivity index (χ0) is 19.7. The van der Waals surface area contributed by atoms with Gasteiger partial charge in [0.2, 0.25) is 0 Å². The van der Waals surface area contributed by atoms with Crippen molar-refractivity contribution in [3.05, 3.63) is 56.5 Å². The van der Waals surface area contributed by atoms with Crippen molar-refractivity contribution in [3.63, 3.8) is 0 Å². The number of quaternary nitrogens is 1. The first-order valence-corrected chi connectivity index (χ1v) is 10.3. The third kappa shape index (κ3) is 3.60. The monoisotopic (exact) mass is 417 g/mol. The highest BCUT2D eigenvalue weighted by molar-refractivity contribution is 7.73. The average Bonchev–Trinajstić information content (AvgIpc) is 3.03. The molecule has 0 saturated carbocycles. The first kappa shape index (κ1) is 18.9.